The van der Waals surface area contributed by atoms with Gasteiger partial charge in [0.1, 0.15) is 12.2 Å². The molecule has 0 aromatic heterocycles. The first-order valence-corrected chi connectivity index (χ1v) is 12.9. The number of hydrogen-bond donors (Lipinski definition) is 2. The van der Waals surface area contributed by atoms with Gasteiger partial charge in [0, 0.05) is 49.9 Å². The number of carbonyl (C=O) groups excluding carboxylic acids is 3. The van der Waals surface area contributed by atoms with Crippen molar-refractivity contribution in [1.29, 1.82) is 0 Å². The predicted octanol–water partition coefficient (Wildman–Crippen LogP) is 2.93. The van der Waals surface area contributed by atoms with Crippen molar-refractivity contribution >= 4 is 17.7 Å². The molecule has 9 nitrogen and oxygen atoms in total. The van der Waals surface area contributed by atoms with E-state index < -0.39 is 52.6 Å². The molecule has 9 heteroatoms. The molecule has 3 aliphatic carbocycles. The number of Topliss-reactive ketones (excluding diaryl/α,β-unsaturated/α-hetero) is 1. The van der Waals surface area contributed by atoms with Gasteiger partial charge in [-0.15, -0.1) is 13.2 Å². The second-order valence-corrected chi connectivity index (χ2v) is 11.0. The van der Waals surface area contributed by atoms with Gasteiger partial charge in [-0.1, -0.05) is 19.1 Å². The van der Waals surface area contributed by atoms with Crippen molar-refractivity contribution in [2.75, 3.05) is 26.8 Å². The largest absolute Gasteiger partial charge is 0.504 e. The SMILES string of the molecule is C=CCN(/C=C1/C(=O)O[C@H](COC)[C@@]2(C)C1=C(O)C(=O)C1=C2[C@H](OC(C)=O)C[C@]2(C)[C@@H](O)CC[C@@H]12)CC=C. The molecular weight excluding hydrogens is 490 g/mol. The number of methoxy groups -OCH3 is 1. The summed E-state index contributed by atoms with van der Waals surface area (Å²) in [6.45, 7) is 13.2. The molecule has 1 heterocycles. The second kappa shape index (κ2) is 10.2. The average Bonchev–Trinajstić information content (AvgIpc) is 3.13. The summed E-state index contributed by atoms with van der Waals surface area (Å²) in [5, 5.41) is 22.5. The molecule has 0 unspecified atom stereocenters. The molecule has 0 amide bonds. The van der Waals surface area contributed by atoms with Crippen molar-refractivity contribution in [3.05, 3.63) is 59.6 Å². The number of rotatable bonds is 8. The summed E-state index contributed by atoms with van der Waals surface area (Å²) in [7, 11) is 1.47. The van der Waals surface area contributed by atoms with Crippen LogP contribution in [0.15, 0.2) is 59.6 Å². The van der Waals surface area contributed by atoms with Crippen LogP contribution in [-0.4, -0.2) is 78.0 Å². The molecule has 2 N–H and O–H groups in total. The Labute approximate surface area is 223 Å². The fourth-order valence-corrected chi connectivity index (χ4v) is 6.97. The summed E-state index contributed by atoms with van der Waals surface area (Å²) >= 11 is 0. The average molecular weight is 528 g/mol. The van der Waals surface area contributed by atoms with Crippen molar-refractivity contribution in [2.45, 2.75) is 58.3 Å². The molecule has 1 aliphatic heterocycles. The van der Waals surface area contributed by atoms with Gasteiger partial charge in [-0.2, -0.15) is 0 Å². The zero-order chi connectivity index (χ0) is 28.0. The topological polar surface area (TPSA) is 123 Å². The molecule has 38 heavy (non-hydrogen) atoms. The number of cyclic esters (lactones) is 1. The highest BCUT2D eigenvalue weighted by molar-refractivity contribution is 6.13. The normalized spacial score (nSPS) is 35.3. The van der Waals surface area contributed by atoms with Crippen LogP contribution in [0.25, 0.3) is 0 Å². The van der Waals surface area contributed by atoms with E-state index in [1.54, 1.807) is 30.2 Å². The van der Waals surface area contributed by atoms with E-state index in [1.807, 2.05) is 6.92 Å². The van der Waals surface area contributed by atoms with E-state index in [1.165, 1.54) is 14.0 Å². The van der Waals surface area contributed by atoms with E-state index in [0.717, 1.165) is 0 Å². The fourth-order valence-electron chi connectivity index (χ4n) is 6.97. The smallest absolute Gasteiger partial charge is 0.340 e. The molecular formula is C29H37NO8. The Balaban J connectivity index is 2.01. The highest BCUT2D eigenvalue weighted by Crippen LogP contribution is 2.63. The van der Waals surface area contributed by atoms with E-state index in [9.17, 15) is 24.6 Å². The van der Waals surface area contributed by atoms with Crippen molar-refractivity contribution in [3.63, 3.8) is 0 Å². The predicted molar refractivity (Wildman–Crippen MR) is 139 cm³/mol. The number of esters is 2. The van der Waals surface area contributed by atoms with Gasteiger partial charge in [-0.25, -0.2) is 4.79 Å². The first-order chi connectivity index (χ1) is 17.9. The Morgan fingerprint density at radius 1 is 1.21 bits per heavy atom. The zero-order valence-electron chi connectivity index (χ0n) is 22.5. The van der Waals surface area contributed by atoms with E-state index >= 15 is 0 Å². The number of aliphatic hydroxyl groups is 2. The van der Waals surface area contributed by atoms with Crippen LogP contribution < -0.4 is 0 Å². The standard InChI is InChI=1S/C29H37NO8/c1-7-11-30(12-8-2)14-17-23-26(34)25(33)22-18-9-10-20(32)28(18,4)13-19(37-16(3)31)24(22)29(23,5)21(15-36-6)38-27(17)35/h7-8,14,18-21,32,34H,1-2,9-13,15H2,3-6H3/b17-14+/t18-,19+,20-,21+,28-,29-/m0/s1. The first-order valence-electron chi connectivity index (χ1n) is 12.9. The maximum Gasteiger partial charge on any atom is 0.340 e. The second-order valence-electron chi connectivity index (χ2n) is 11.0. The van der Waals surface area contributed by atoms with Gasteiger partial charge in [-0.3, -0.25) is 9.59 Å². The minimum atomic E-state index is -1.24. The van der Waals surface area contributed by atoms with Gasteiger partial charge in [0.05, 0.1) is 23.7 Å². The number of aliphatic hydroxyl groups excluding tert-OH is 2. The molecule has 0 bridgehead atoms. The number of nitrogens with zero attached hydrogens (tertiary/aromatic N) is 1. The van der Waals surface area contributed by atoms with Crippen LogP contribution in [0.3, 0.4) is 0 Å². The molecule has 4 aliphatic rings. The maximum atomic E-state index is 14.0. The van der Waals surface area contributed by atoms with Crippen molar-refractivity contribution in [3.8, 4) is 0 Å². The first kappa shape index (κ1) is 27.9. The third-order valence-electron chi connectivity index (χ3n) is 8.69. The molecule has 4 rings (SSSR count). The van der Waals surface area contributed by atoms with E-state index in [2.05, 4.69) is 13.2 Å². The molecule has 0 radical (unpaired) electrons. The molecule has 2 fully saturated rings. The molecule has 0 spiro atoms. The number of hydrogen-bond acceptors (Lipinski definition) is 9. The quantitative estimate of drug-likeness (QED) is 0.279. The molecule has 6 atom stereocenters. The van der Waals surface area contributed by atoms with E-state index in [0.29, 0.717) is 43.5 Å². The molecule has 0 aromatic carbocycles. The third kappa shape index (κ3) is 4.12. The Kier molecular flexibility index (Phi) is 7.47. The lowest BCUT2D eigenvalue weighted by molar-refractivity contribution is -0.161. The number of ketones is 1. The van der Waals surface area contributed by atoms with E-state index in [-0.39, 0.29) is 23.7 Å². The van der Waals surface area contributed by atoms with Crippen LogP contribution in [0.4, 0.5) is 0 Å². The Morgan fingerprint density at radius 2 is 1.87 bits per heavy atom. The molecule has 1 saturated heterocycles. The van der Waals surface area contributed by atoms with Crippen LogP contribution in [-0.2, 0) is 28.6 Å². The molecule has 206 valence electrons. The lowest BCUT2D eigenvalue weighted by Crippen LogP contribution is -2.57. The number of fused-ring (bicyclic) bond motifs is 4. The van der Waals surface area contributed by atoms with Crippen LogP contribution >= 0.6 is 0 Å². The molecule has 1 saturated carbocycles. The highest BCUT2D eigenvalue weighted by Gasteiger charge is 2.64. The summed E-state index contributed by atoms with van der Waals surface area (Å²) in [4.78, 5) is 41.4. The Hall–Kier alpha value is -3.17. The summed E-state index contributed by atoms with van der Waals surface area (Å²) in [5.41, 5.74) is -0.987. The minimum Gasteiger partial charge on any atom is -0.504 e. The number of carbonyl (C=O) groups is 3. The van der Waals surface area contributed by atoms with Gasteiger partial charge in [0.15, 0.2) is 5.76 Å². The third-order valence-corrected chi connectivity index (χ3v) is 8.69. The maximum absolute atomic E-state index is 14.0. The Bertz CT molecular complexity index is 1160. The van der Waals surface area contributed by atoms with Crippen LogP contribution in [0.1, 0.15) is 40.0 Å². The van der Waals surface area contributed by atoms with Crippen molar-refractivity contribution < 1.29 is 38.8 Å². The van der Waals surface area contributed by atoms with E-state index in [4.69, 9.17) is 14.2 Å². The molecule has 0 aromatic rings. The fraction of sp³-hybridized carbons (Fsp3) is 0.552. The van der Waals surface area contributed by atoms with Crippen molar-refractivity contribution in [2.24, 2.45) is 16.7 Å². The summed E-state index contributed by atoms with van der Waals surface area (Å²) in [6, 6.07) is 0. The minimum absolute atomic E-state index is 0.0162. The van der Waals surface area contributed by atoms with Crippen LogP contribution in [0.2, 0.25) is 0 Å². The van der Waals surface area contributed by atoms with Crippen LogP contribution in [0.5, 0.6) is 0 Å². The van der Waals surface area contributed by atoms with Gasteiger partial charge in [0.2, 0.25) is 5.78 Å². The lowest BCUT2D eigenvalue weighted by atomic mass is 9.53. The zero-order valence-corrected chi connectivity index (χ0v) is 22.5. The van der Waals surface area contributed by atoms with Gasteiger partial charge in [-0.05, 0) is 37.7 Å². The summed E-state index contributed by atoms with van der Waals surface area (Å²) < 4.78 is 17.2. The van der Waals surface area contributed by atoms with Gasteiger partial charge < -0.3 is 29.3 Å². The summed E-state index contributed by atoms with van der Waals surface area (Å²) in [5.74, 6) is -2.77. The van der Waals surface area contributed by atoms with Crippen molar-refractivity contribution in [1.82, 2.24) is 4.90 Å². The van der Waals surface area contributed by atoms with Gasteiger partial charge >= 0.3 is 11.9 Å². The number of allylic oxidation sites excluding steroid dienone is 1. The van der Waals surface area contributed by atoms with Gasteiger partial charge in [0.25, 0.3) is 0 Å². The monoisotopic (exact) mass is 527 g/mol. The Morgan fingerprint density at radius 3 is 2.45 bits per heavy atom. The summed E-state index contributed by atoms with van der Waals surface area (Å²) in [6.07, 6.45) is 3.69. The highest BCUT2D eigenvalue weighted by atomic mass is 16.6. The van der Waals surface area contributed by atoms with Crippen LogP contribution in [0, 0.1) is 16.7 Å². The number of ether oxygens (including phenoxy) is 3. The lowest BCUT2D eigenvalue weighted by Gasteiger charge is -2.54.